The van der Waals surface area contributed by atoms with Gasteiger partial charge in [-0.05, 0) is 65.2 Å². The van der Waals surface area contributed by atoms with Crippen LogP contribution >= 0.6 is 0 Å². The van der Waals surface area contributed by atoms with E-state index in [1.165, 1.54) is 38.5 Å². The lowest BCUT2D eigenvalue weighted by Gasteiger charge is -2.38. The van der Waals surface area contributed by atoms with Crippen molar-refractivity contribution in [3.8, 4) is 11.5 Å². The van der Waals surface area contributed by atoms with Crippen molar-refractivity contribution >= 4 is 29.2 Å². The monoisotopic (exact) mass is 574 g/mol. The van der Waals surface area contributed by atoms with Crippen molar-refractivity contribution in [3.05, 3.63) is 131 Å². The molecule has 7 nitrogen and oxygen atoms in total. The first-order valence-electron chi connectivity index (χ1n) is 13.9. The average molecular weight is 575 g/mol. The fraction of sp³-hybridized carbons (Fsp3) is 0.171. The molecule has 3 heterocycles. The first-order chi connectivity index (χ1) is 20.9. The van der Waals surface area contributed by atoms with Gasteiger partial charge >= 0.3 is 0 Å². The molecule has 43 heavy (non-hydrogen) atoms. The molecule has 4 atom stereocenters. The van der Waals surface area contributed by atoms with Gasteiger partial charge in [-0.25, -0.2) is 4.39 Å². The van der Waals surface area contributed by atoms with Crippen LogP contribution in [-0.4, -0.2) is 42.6 Å². The van der Waals surface area contributed by atoms with Crippen LogP contribution < -0.4 is 14.8 Å². The van der Waals surface area contributed by atoms with Gasteiger partial charge < -0.3 is 19.7 Å². The van der Waals surface area contributed by atoms with Crippen LogP contribution in [0.1, 0.15) is 43.4 Å². The van der Waals surface area contributed by atoms with Crippen molar-refractivity contribution in [2.45, 2.75) is 17.5 Å². The number of amides is 1. The molecule has 3 aliphatic heterocycles. The predicted octanol–water partition coefficient (Wildman–Crippen LogP) is 5.82. The maximum atomic E-state index is 14.8. The predicted molar refractivity (Wildman–Crippen MR) is 159 cm³/mol. The van der Waals surface area contributed by atoms with E-state index in [1.807, 2.05) is 53.4 Å². The minimum absolute atomic E-state index is 0.208. The standard InChI is InChI=1S/C35H27FN2O5/c1-42-23-15-16-25(28(19-23)43-2)32(40)30-29(31(39)21-11-13-22(36)14-12-21)35(26-9-5-6-10-27(26)37-34(35)41)33-24-8-4-3-7-20(24)17-18-38(30)33/h3-19,29-30,33H,1-2H3,(H,37,41)/t29-,30+,33+,35-/m0/s1. The number of halogens is 1. The molecule has 4 aromatic rings. The molecule has 1 fully saturated rings. The summed E-state index contributed by atoms with van der Waals surface area (Å²) in [4.78, 5) is 45.9. The van der Waals surface area contributed by atoms with E-state index in [-0.39, 0.29) is 28.6 Å². The van der Waals surface area contributed by atoms with Gasteiger partial charge in [-0.2, -0.15) is 0 Å². The molecule has 214 valence electrons. The van der Waals surface area contributed by atoms with Crippen molar-refractivity contribution in [2.75, 3.05) is 19.5 Å². The Labute approximate surface area is 247 Å². The molecule has 0 aromatic heterocycles. The van der Waals surface area contributed by atoms with E-state index in [4.69, 9.17) is 9.47 Å². The maximum absolute atomic E-state index is 14.8. The SMILES string of the molecule is COc1ccc(C(=O)[C@H]2[C@@H](C(=O)c3ccc(F)cc3)[C@]3(C(=O)Nc4ccccc43)[C@H]3c4ccccc4C=CN23)c(OC)c1. The van der Waals surface area contributed by atoms with Crippen molar-refractivity contribution in [1.82, 2.24) is 4.90 Å². The zero-order valence-corrected chi connectivity index (χ0v) is 23.4. The molecular weight excluding hydrogens is 547 g/mol. The van der Waals surface area contributed by atoms with E-state index in [1.54, 1.807) is 30.5 Å². The van der Waals surface area contributed by atoms with E-state index in [0.717, 1.165) is 11.1 Å². The summed E-state index contributed by atoms with van der Waals surface area (Å²) in [5, 5.41) is 3.02. The number of benzene rings is 4. The summed E-state index contributed by atoms with van der Waals surface area (Å²) in [6.07, 6.45) is 3.70. The van der Waals surface area contributed by atoms with Crippen LogP contribution in [0.2, 0.25) is 0 Å². The lowest BCUT2D eigenvalue weighted by Crippen LogP contribution is -2.49. The second kappa shape index (κ2) is 9.94. The lowest BCUT2D eigenvalue weighted by molar-refractivity contribution is -0.122. The summed E-state index contributed by atoms with van der Waals surface area (Å²) in [7, 11) is 2.98. The average Bonchev–Trinajstić information content (AvgIpc) is 3.52. The summed E-state index contributed by atoms with van der Waals surface area (Å²) in [6.45, 7) is 0. The van der Waals surface area contributed by atoms with Crippen LogP contribution in [0.3, 0.4) is 0 Å². The normalized spacial score (nSPS) is 22.9. The summed E-state index contributed by atoms with van der Waals surface area (Å²) < 4.78 is 24.9. The number of Topliss-reactive ketones (excluding diaryl/α,β-unsaturated/α-hetero) is 2. The summed E-state index contributed by atoms with van der Waals surface area (Å²) in [6, 6.07) is 23.3. The highest BCUT2D eigenvalue weighted by Crippen LogP contribution is 2.62. The smallest absolute Gasteiger partial charge is 0.238 e. The summed E-state index contributed by atoms with van der Waals surface area (Å²) in [5.41, 5.74) is 1.92. The molecule has 0 bridgehead atoms. The third kappa shape index (κ3) is 3.75. The number of rotatable bonds is 6. The Hall–Kier alpha value is -5.24. The van der Waals surface area contributed by atoms with Crippen LogP contribution in [0.4, 0.5) is 10.1 Å². The number of ether oxygens (including phenoxy) is 2. The molecule has 7 rings (SSSR count). The molecule has 4 aromatic carbocycles. The number of nitrogens with one attached hydrogen (secondary N) is 1. The van der Waals surface area contributed by atoms with Gasteiger partial charge in [0, 0.05) is 23.5 Å². The Morgan fingerprint density at radius 3 is 2.40 bits per heavy atom. The molecule has 8 heteroatoms. The Morgan fingerprint density at radius 2 is 1.63 bits per heavy atom. The number of carbonyl (C=O) groups is 3. The fourth-order valence-electron chi connectivity index (χ4n) is 7.12. The molecular formula is C35H27FN2O5. The molecule has 0 unspecified atom stereocenters. The van der Waals surface area contributed by atoms with Crippen LogP contribution in [0, 0.1) is 11.7 Å². The van der Waals surface area contributed by atoms with Gasteiger partial charge in [0.2, 0.25) is 5.91 Å². The third-order valence-electron chi connectivity index (χ3n) is 8.92. The topological polar surface area (TPSA) is 84.9 Å². The number of fused-ring (bicyclic) bond motifs is 6. The second-order valence-corrected chi connectivity index (χ2v) is 10.9. The highest BCUT2D eigenvalue weighted by Gasteiger charge is 2.70. The van der Waals surface area contributed by atoms with Gasteiger partial charge in [0.25, 0.3) is 0 Å². The summed E-state index contributed by atoms with van der Waals surface area (Å²) in [5.74, 6) is -2.07. The maximum Gasteiger partial charge on any atom is 0.238 e. The number of carbonyl (C=O) groups excluding carboxylic acids is 3. The fourth-order valence-corrected chi connectivity index (χ4v) is 7.12. The van der Waals surface area contributed by atoms with Crippen molar-refractivity contribution in [3.63, 3.8) is 0 Å². The largest absolute Gasteiger partial charge is 0.497 e. The minimum Gasteiger partial charge on any atom is -0.497 e. The molecule has 1 saturated heterocycles. The highest BCUT2D eigenvalue weighted by atomic mass is 19.1. The number of hydrogen-bond donors (Lipinski definition) is 1. The Balaban J connectivity index is 1.53. The van der Waals surface area contributed by atoms with Crippen LogP contribution in [0.25, 0.3) is 6.08 Å². The van der Waals surface area contributed by atoms with Crippen molar-refractivity contribution < 1.29 is 28.2 Å². The minimum atomic E-state index is -1.48. The highest BCUT2D eigenvalue weighted by molar-refractivity contribution is 6.17. The number of ketones is 2. The van der Waals surface area contributed by atoms with Gasteiger partial charge in [-0.3, -0.25) is 14.4 Å². The second-order valence-electron chi connectivity index (χ2n) is 10.9. The third-order valence-corrected chi connectivity index (χ3v) is 8.92. The van der Waals surface area contributed by atoms with Gasteiger partial charge in [-0.15, -0.1) is 0 Å². The van der Waals surface area contributed by atoms with E-state index in [9.17, 15) is 18.8 Å². The van der Waals surface area contributed by atoms with Gasteiger partial charge in [0.05, 0.1) is 31.7 Å². The number of methoxy groups -OCH3 is 2. The molecule has 1 N–H and O–H groups in total. The number of nitrogens with zero attached hydrogens (tertiary/aromatic N) is 1. The number of anilines is 1. The molecule has 1 amide bonds. The van der Waals surface area contributed by atoms with Crippen molar-refractivity contribution in [1.29, 1.82) is 0 Å². The molecule has 3 aliphatic rings. The quantitative estimate of drug-likeness (QED) is 0.292. The number of para-hydroxylation sites is 1. The first-order valence-corrected chi connectivity index (χ1v) is 13.9. The van der Waals surface area contributed by atoms with E-state index < -0.39 is 35.0 Å². The molecule has 1 spiro atoms. The van der Waals surface area contributed by atoms with Crippen molar-refractivity contribution in [2.24, 2.45) is 5.92 Å². The van der Waals surface area contributed by atoms with Gasteiger partial charge in [-0.1, -0.05) is 42.5 Å². The van der Waals surface area contributed by atoms with Gasteiger partial charge in [0.1, 0.15) is 28.8 Å². The Morgan fingerprint density at radius 1 is 0.884 bits per heavy atom. The molecule has 0 radical (unpaired) electrons. The Bertz CT molecular complexity index is 1830. The Kier molecular flexibility index (Phi) is 6.16. The number of hydrogen-bond acceptors (Lipinski definition) is 6. The molecule has 0 saturated carbocycles. The van der Waals surface area contributed by atoms with Crippen LogP contribution in [-0.2, 0) is 10.2 Å². The van der Waals surface area contributed by atoms with Crippen LogP contribution in [0.5, 0.6) is 11.5 Å². The van der Waals surface area contributed by atoms with Crippen LogP contribution in [0.15, 0.2) is 97.2 Å². The summed E-state index contributed by atoms with van der Waals surface area (Å²) >= 11 is 0. The zero-order valence-electron chi connectivity index (χ0n) is 23.4. The molecule has 0 aliphatic carbocycles. The lowest BCUT2D eigenvalue weighted by atomic mass is 9.62. The van der Waals surface area contributed by atoms with Gasteiger partial charge in [0.15, 0.2) is 11.6 Å². The van der Waals surface area contributed by atoms with E-state index in [2.05, 4.69) is 5.32 Å². The zero-order chi connectivity index (χ0) is 29.9. The van der Waals surface area contributed by atoms with E-state index >= 15 is 0 Å². The first kappa shape index (κ1) is 26.6. The van der Waals surface area contributed by atoms with E-state index in [0.29, 0.717) is 17.0 Å².